The first kappa shape index (κ1) is 19.8. The summed E-state index contributed by atoms with van der Waals surface area (Å²) in [5.74, 6) is 1.34. The van der Waals surface area contributed by atoms with Crippen LogP contribution in [-0.2, 0) is 17.9 Å². The van der Waals surface area contributed by atoms with Gasteiger partial charge in [0, 0.05) is 34.9 Å². The van der Waals surface area contributed by atoms with Crippen LogP contribution >= 0.6 is 23.2 Å². The third-order valence-corrected chi connectivity index (χ3v) is 4.58. The van der Waals surface area contributed by atoms with E-state index in [2.05, 4.69) is 18.8 Å². The van der Waals surface area contributed by atoms with Gasteiger partial charge in [0.2, 0.25) is 5.91 Å². The number of halogens is 2. The monoisotopic (exact) mass is 381 g/mol. The number of imidazole rings is 1. The Bertz CT molecular complexity index is 725. The van der Waals surface area contributed by atoms with E-state index in [0.717, 1.165) is 11.4 Å². The fourth-order valence-electron chi connectivity index (χ4n) is 2.65. The van der Waals surface area contributed by atoms with Crippen LogP contribution in [0.2, 0.25) is 10.0 Å². The molecule has 0 saturated carbocycles. The highest BCUT2D eigenvalue weighted by Crippen LogP contribution is 2.22. The van der Waals surface area contributed by atoms with Crippen molar-refractivity contribution in [1.29, 1.82) is 0 Å². The average molecular weight is 382 g/mol. The van der Waals surface area contributed by atoms with Crippen LogP contribution in [0.25, 0.3) is 0 Å². The van der Waals surface area contributed by atoms with Gasteiger partial charge in [0.25, 0.3) is 0 Å². The summed E-state index contributed by atoms with van der Waals surface area (Å²) in [6.45, 7) is 9.25. The van der Waals surface area contributed by atoms with Crippen molar-refractivity contribution in [2.24, 2.45) is 5.92 Å². The Morgan fingerprint density at radius 1 is 1.24 bits per heavy atom. The van der Waals surface area contributed by atoms with E-state index in [0.29, 0.717) is 35.5 Å². The van der Waals surface area contributed by atoms with E-state index < -0.39 is 0 Å². The second kappa shape index (κ2) is 8.72. The molecule has 0 aliphatic rings. The lowest BCUT2D eigenvalue weighted by molar-refractivity contribution is -0.134. The summed E-state index contributed by atoms with van der Waals surface area (Å²) >= 11 is 12.2. The maximum absolute atomic E-state index is 12.5. The first-order valence-corrected chi connectivity index (χ1v) is 9.27. The molecule has 1 aromatic heterocycles. The molecule has 0 aliphatic heterocycles. The van der Waals surface area contributed by atoms with E-state index in [9.17, 15) is 4.79 Å². The number of amides is 1. The number of benzene rings is 1. The van der Waals surface area contributed by atoms with Crippen LogP contribution in [0.15, 0.2) is 30.6 Å². The summed E-state index contributed by atoms with van der Waals surface area (Å²) in [5, 5.41) is 1.24. The van der Waals surface area contributed by atoms with Crippen LogP contribution in [0.5, 0.6) is 0 Å². The maximum Gasteiger partial charge on any atom is 0.223 e. The average Bonchev–Trinajstić information content (AvgIpc) is 2.93. The minimum Gasteiger partial charge on any atom is -0.333 e. The van der Waals surface area contributed by atoms with Gasteiger partial charge in [-0.05, 0) is 37.5 Å². The lowest BCUT2D eigenvalue weighted by Gasteiger charge is -2.27. The molecule has 0 fully saturated rings. The smallest absolute Gasteiger partial charge is 0.223 e. The molecule has 2 rings (SSSR count). The lowest BCUT2D eigenvalue weighted by Crippen LogP contribution is -2.37. The predicted molar refractivity (Wildman–Crippen MR) is 103 cm³/mol. The van der Waals surface area contributed by atoms with Gasteiger partial charge in [0.1, 0.15) is 5.82 Å². The fourth-order valence-corrected chi connectivity index (χ4v) is 3.11. The Labute approximate surface area is 159 Å². The number of aromatic nitrogens is 2. The summed E-state index contributed by atoms with van der Waals surface area (Å²) in [6, 6.07) is 5.60. The number of hydrogen-bond acceptors (Lipinski definition) is 2. The number of nitrogens with zero attached hydrogens (tertiary/aromatic N) is 3. The Hall–Kier alpha value is -1.52. The minimum absolute atomic E-state index is 0.121. The molecular weight excluding hydrogens is 357 g/mol. The van der Waals surface area contributed by atoms with Crippen molar-refractivity contribution in [1.82, 2.24) is 14.5 Å². The summed E-state index contributed by atoms with van der Waals surface area (Å²) in [7, 11) is 0. The van der Waals surface area contributed by atoms with Crippen LogP contribution in [0.3, 0.4) is 0 Å². The van der Waals surface area contributed by atoms with Crippen LogP contribution in [-0.4, -0.2) is 26.4 Å². The first-order valence-electron chi connectivity index (χ1n) is 8.51. The number of carbonyl (C=O) groups excluding carboxylic acids is 1. The second-order valence-electron chi connectivity index (χ2n) is 6.92. The van der Waals surface area contributed by atoms with E-state index in [-0.39, 0.29) is 11.9 Å². The third-order valence-electron chi connectivity index (χ3n) is 4.00. The predicted octanol–water partition coefficient (Wildman–Crippen LogP) is 5.02. The third kappa shape index (κ3) is 5.48. The molecule has 1 amide bonds. The molecule has 136 valence electrons. The van der Waals surface area contributed by atoms with Crippen molar-refractivity contribution >= 4 is 29.1 Å². The van der Waals surface area contributed by atoms with E-state index in [4.69, 9.17) is 23.2 Å². The molecule has 0 spiro atoms. The Morgan fingerprint density at radius 2 is 1.96 bits per heavy atom. The molecule has 0 saturated heterocycles. The summed E-state index contributed by atoms with van der Waals surface area (Å²) < 4.78 is 2.02. The fraction of sp³-hybridized carbons (Fsp3) is 0.474. The Morgan fingerprint density at radius 3 is 2.56 bits per heavy atom. The molecule has 25 heavy (non-hydrogen) atoms. The van der Waals surface area contributed by atoms with Gasteiger partial charge in [0.05, 0.1) is 13.1 Å². The van der Waals surface area contributed by atoms with Crippen molar-refractivity contribution in [3.63, 3.8) is 0 Å². The summed E-state index contributed by atoms with van der Waals surface area (Å²) in [6.07, 6.45) is 4.21. The molecule has 0 aliphatic carbocycles. The zero-order chi connectivity index (χ0) is 18.6. The standard InChI is InChI=1S/C19H25Cl2N3O/c1-13(2)9-19(25)24(14(3)4)12-18-22-7-8-23(18)11-15-5-6-16(20)10-17(15)21/h5-8,10,13-14H,9,11-12H2,1-4H3. The van der Waals surface area contributed by atoms with Crippen LogP contribution in [0.1, 0.15) is 45.5 Å². The van der Waals surface area contributed by atoms with Gasteiger partial charge in [-0.15, -0.1) is 0 Å². The van der Waals surface area contributed by atoms with E-state index >= 15 is 0 Å². The number of rotatable bonds is 7. The minimum atomic E-state index is 0.121. The maximum atomic E-state index is 12.5. The number of carbonyl (C=O) groups is 1. The molecule has 2 aromatic rings. The van der Waals surface area contributed by atoms with Crippen molar-refractivity contribution in [3.05, 3.63) is 52.0 Å². The van der Waals surface area contributed by atoms with Gasteiger partial charge < -0.3 is 9.47 Å². The van der Waals surface area contributed by atoms with Crippen molar-refractivity contribution < 1.29 is 4.79 Å². The lowest BCUT2D eigenvalue weighted by atomic mass is 10.1. The molecule has 0 bridgehead atoms. The van der Waals surface area contributed by atoms with Crippen molar-refractivity contribution in [3.8, 4) is 0 Å². The molecule has 0 atom stereocenters. The zero-order valence-corrected chi connectivity index (χ0v) is 16.7. The summed E-state index contributed by atoms with van der Waals surface area (Å²) in [5.41, 5.74) is 0.968. The SMILES string of the molecule is CC(C)CC(=O)N(Cc1nccn1Cc1ccc(Cl)cc1Cl)C(C)C. The van der Waals surface area contributed by atoms with Gasteiger partial charge in [-0.1, -0.05) is 43.1 Å². The molecule has 1 aromatic carbocycles. The largest absolute Gasteiger partial charge is 0.333 e. The van der Waals surface area contributed by atoms with E-state index in [1.165, 1.54) is 0 Å². The van der Waals surface area contributed by atoms with E-state index in [1.807, 2.05) is 41.6 Å². The normalized spacial score (nSPS) is 11.4. The highest BCUT2D eigenvalue weighted by molar-refractivity contribution is 6.35. The first-order chi connectivity index (χ1) is 11.8. The Kier molecular flexibility index (Phi) is 6.91. The van der Waals surface area contributed by atoms with Crippen LogP contribution in [0, 0.1) is 5.92 Å². The van der Waals surface area contributed by atoms with E-state index in [1.54, 1.807) is 12.3 Å². The van der Waals surface area contributed by atoms with Gasteiger partial charge in [-0.2, -0.15) is 0 Å². The molecular formula is C19H25Cl2N3O. The van der Waals surface area contributed by atoms with Gasteiger partial charge >= 0.3 is 0 Å². The van der Waals surface area contributed by atoms with Crippen molar-refractivity contribution in [2.45, 2.75) is 53.2 Å². The molecule has 6 heteroatoms. The quantitative estimate of drug-likeness (QED) is 0.674. The second-order valence-corrected chi connectivity index (χ2v) is 7.76. The molecule has 0 unspecified atom stereocenters. The van der Waals surface area contributed by atoms with Crippen molar-refractivity contribution in [2.75, 3.05) is 0 Å². The van der Waals surface area contributed by atoms with Gasteiger partial charge in [0.15, 0.2) is 0 Å². The Balaban J connectivity index is 2.18. The highest BCUT2D eigenvalue weighted by atomic mass is 35.5. The molecule has 0 radical (unpaired) electrons. The molecule has 0 N–H and O–H groups in total. The summed E-state index contributed by atoms with van der Waals surface area (Å²) in [4.78, 5) is 18.9. The van der Waals surface area contributed by atoms with Gasteiger partial charge in [-0.25, -0.2) is 4.98 Å². The van der Waals surface area contributed by atoms with Crippen LogP contribution < -0.4 is 0 Å². The molecule has 1 heterocycles. The zero-order valence-electron chi connectivity index (χ0n) is 15.2. The topological polar surface area (TPSA) is 38.1 Å². The highest BCUT2D eigenvalue weighted by Gasteiger charge is 2.20. The van der Waals surface area contributed by atoms with Gasteiger partial charge in [-0.3, -0.25) is 4.79 Å². The molecule has 4 nitrogen and oxygen atoms in total. The number of hydrogen-bond donors (Lipinski definition) is 0. The van der Waals surface area contributed by atoms with Crippen LogP contribution in [0.4, 0.5) is 0 Å².